The van der Waals surface area contributed by atoms with E-state index in [1.165, 1.54) is 5.56 Å². The molecule has 140 valence electrons. The van der Waals surface area contributed by atoms with Gasteiger partial charge in [0.25, 0.3) is 5.91 Å². The fraction of sp³-hybridized carbons (Fsp3) is 0.435. The van der Waals surface area contributed by atoms with Gasteiger partial charge in [-0.05, 0) is 52.6 Å². The number of ether oxygens (including phenoxy) is 1. The van der Waals surface area contributed by atoms with Crippen molar-refractivity contribution in [3.63, 3.8) is 0 Å². The molecule has 1 amide bonds. The first kappa shape index (κ1) is 20.0. The van der Waals surface area contributed by atoms with Crippen LogP contribution < -0.4 is 10.1 Å². The Labute approximate surface area is 157 Å². The van der Waals surface area contributed by atoms with Gasteiger partial charge in [0, 0.05) is 5.69 Å². The summed E-state index contributed by atoms with van der Waals surface area (Å²) in [6.07, 6.45) is 0. The van der Waals surface area contributed by atoms with Gasteiger partial charge in [-0.25, -0.2) is 0 Å². The molecular weight excluding hydrogens is 322 g/mol. The van der Waals surface area contributed by atoms with E-state index in [0.29, 0.717) is 0 Å². The predicted molar refractivity (Wildman–Crippen MR) is 109 cm³/mol. The van der Waals surface area contributed by atoms with Gasteiger partial charge in [0.05, 0.1) is 0 Å². The monoisotopic (exact) mass is 353 g/mol. The molecule has 2 aromatic rings. The zero-order chi connectivity index (χ0) is 19.5. The van der Waals surface area contributed by atoms with Crippen molar-refractivity contribution >= 4 is 11.6 Å². The van der Waals surface area contributed by atoms with Crippen molar-refractivity contribution in [2.75, 3.05) is 11.9 Å². The van der Waals surface area contributed by atoms with E-state index in [2.05, 4.69) is 59.0 Å². The van der Waals surface area contributed by atoms with E-state index in [1.807, 2.05) is 37.3 Å². The number of nitrogens with one attached hydrogen (secondary N) is 1. The van der Waals surface area contributed by atoms with Gasteiger partial charge in [-0.15, -0.1) is 0 Å². The SMILES string of the molecule is Cc1cccc(NC(=O)COc2ccc(C(C)(C)C)cc2C(C)(C)C)c1. The van der Waals surface area contributed by atoms with Gasteiger partial charge >= 0.3 is 0 Å². The lowest BCUT2D eigenvalue weighted by molar-refractivity contribution is -0.118. The summed E-state index contributed by atoms with van der Waals surface area (Å²) in [5.41, 5.74) is 4.28. The van der Waals surface area contributed by atoms with Crippen molar-refractivity contribution in [3.05, 3.63) is 59.2 Å². The Morgan fingerprint density at radius 1 is 0.962 bits per heavy atom. The van der Waals surface area contributed by atoms with Crippen LogP contribution in [-0.2, 0) is 15.6 Å². The quantitative estimate of drug-likeness (QED) is 0.776. The molecule has 0 atom stereocenters. The van der Waals surface area contributed by atoms with Crippen LogP contribution in [0.5, 0.6) is 5.75 Å². The lowest BCUT2D eigenvalue weighted by Gasteiger charge is -2.27. The lowest BCUT2D eigenvalue weighted by Crippen LogP contribution is -2.22. The van der Waals surface area contributed by atoms with Crippen LogP contribution in [0.15, 0.2) is 42.5 Å². The molecule has 0 unspecified atom stereocenters. The largest absolute Gasteiger partial charge is 0.483 e. The number of aryl methyl sites for hydroxylation is 1. The molecule has 2 aromatic carbocycles. The van der Waals surface area contributed by atoms with Gasteiger partial charge in [0.2, 0.25) is 0 Å². The summed E-state index contributed by atoms with van der Waals surface area (Å²) in [7, 11) is 0. The number of carbonyl (C=O) groups is 1. The van der Waals surface area contributed by atoms with E-state index >= 15 is 0 Å². The van der Waals surface area contributed by atoms with Crippen LogP contribution in [-0.4, -0.2) is 12.5 Å². The molecule has 0 aliphatic rings. The zero-order valence-corrected chi connectivity index (χ0v) is 17.1. The molecule has 0 aliphatic carbocycles. The maximum Gasteiger partial charge on any atom is 0.262 e. The number of anilines is 1. The molecule has 2 rings (SSSR count). The van der Waals surface area contributed by atoms with Gasteiger partial charge in [-0.2, -0.15) is 0 Å². The van der Waals surface area contributed by atoms with Crippen LogP contribution in [0.2, 0.25) is 0 Å². The molecular formula is C23H31NO2. The molecule has 0 radical (unpaired) electrons. The standard InChI is InChI=1S/C23H31NO2/c1-16-9-8-10-18(13-16)24-21(25)15-26-20-12-11-17(22(2,3)4)14-19(20)23(5,6)7/h8-14H,15H2,1-7H3,(H,24,25). The predicted octanol–water partition coefficient (Wildman–Crippen LogP) is 5.61. The van der Waals surface area contributed by atoms with Crippen LogP contribution in [0.3, 0.4) is 0 Å². The minimum absolute atomic E-state index is 0.00805. The van der Waals surface area contributed by atoms with Crippen molar-refractivity contribution in [2.45, 2.75) is 59.3 Å². The molecule has 0 aliphatic heterocycles. The number of rotatable bonds is 4. The summed E-state index contributed by atoms with van der Waals surface area (Å²) < 4.78 is 5.88. The second-order valence-corrected chi connectivity index (χ2v) is 8.92. The average Bonchev–Trinajstić information content (AvgIpc) is 2.51. The number of hydrogen-bond acceptors (Lipinski definition) is 2. The minimum Gasteiger partial charge on any atom is -0.483 e. The molecule has 1 N–H and O–H groups in total. The third-order valence-electron chi connectivity index (χ3n) is 4.31. The molecule has 26 heavy (non-hydrogen) atoms. The van der Waals surface area contributed by atoms with Gasteiger partial charge in [-0.1, -0.05) is 65.8 Å². The fourth-order valence-corrected chi connectivity index (χ4v) is 2.77. The molecule has 0 fully saturated rings. The summed E-state index contributed by atoms with van der Waals surface area (Å²) >= 11 is 0. The first-order valence-corrected chi connectivity index (χ1v) is 9.11. The second kappa shape index (κ2) is 7.53. The van der Waals surface area contributed by atoms with Crippen molar-refractivity contribution in [1.82, 2.24) is 0 Å². The highest BCUT2D eigenvalue weighted by atomic mass is 16.5. The summed E-state index contributed by atoms with van der Waals surface area (Å²) in [6.45, 7) is 15.1. The normalized spacial score (nSPS) is 12.0. The van der Waals surface area contributed by atoms with Gasteiger partial charge in [0.15, 0.2) is 6.61 Å². The van der Waals surface area contributed by atoms with Gasteiger partial charge in [0.1, 0.15) is 5.75 Å². The maximum atomic E-state index is 12.2. The van der Waals surface area contributed by atoms with Crippen LogP contribution in [0, 0.1) is 6.92 Å². The number of amides is 1. The van der Waals surface area contributed by atoms with E-state index < -0.39 is 0 Å². The Morgan fingerprint density at radius 2 is 1.65 bits per heavy atom. The Kier molecular flexibility index (Phi) is 5.80. The Hall–Kier alpha value is -2.29. The van der Waals surface area contributed by atoms with Crippen LogP contribution in [0.25, 0.3) is 0 Å². The molecule has 0 spiro atoms. The van der Waals surface area contributed by atoms with Gasteiger partial charge < -0.3 is 10.1 Å². The van der Waals surface area contributed by atoms with Crippen molar-refractivity contribution in [3.8, 4) is 5.75 Å². The van der Waals surface area contributed by atoms with Crippen molar-refractivity contribution in [2.24, 2.45) is 0 Å². The fourth-order valence-electron chi connectivity index (χ4n) is 2.77. The lowest BCUT2D eigenvalue weighted by atomic mass is 9.80. The van der Waals surface area contributed by atoms with E-state index in [-0.39, 0.29) is 23.3 Å². The van der Waals surface area contributed by atoms with Crippen molar-refractivity contribution in [1.29, 1.82) is 0 Å². The van der Waals surface area contributed by atoms with Gasteiger partial charge in [-0.3, -0.25) is 4.79 Å². The highest BCUT2D eigenvalue weighted by molar-refractivity contribution is 5.91. The molecule has 3 nitrogen and oxygen atoms in total. The molecule has 0 saturated carbocycles. The average molecular weight is 354 g/mol. The van der Waals surface area contributed by atoms with Crippen LogP contribution >= 0.6 is 0 Å². The van der Waals surface area contributed by atoms with E-state index in [1.54, 1.807) is 0 Å². The van der Waals surface area contributed by atoms with E-state index in [9.17, 15) is 4.79 Å². The minimum atomic E-state index is -0.157. The third-order valence-corrected chi connectivity index (χ3v) is 4.31. The maximum absolute atomic E-state index is 12.2. The topological polar surface area (TPSA) is 38.3 Å². The second-order valence-electron chi connectivity index (χ2n) is 8.92. The third kappa shape index (κ3) is 5.35. The smallest absolute Gasteiger partial charge is 0.262 e. The van der Waals surface area contributed by atoms with Crippen molar-refractivity contribution < 1.29 is 9.53 Å². The number of carbonyl (C=O) groups excluding carboxylic acids is 1. The molecule has 0 aromatic heterocycles. The summed E-state index contributed by atoms with van der Waals surface area (Å²) in [5.74, 6) is 0.611. The Morgan fingerprint density at radius 3 is 2.23 bits per heavy atom. The Bertz CT molecular complexity index is 780. The first-order chi connectivity index (χ1) is 12.0. The zero-order valence-electron chi connectivity index (χ0n) is 17.1. The molecule has 3 heteroatoms. The van der Waals surface area contributed by atoms with E-state index in [0.717, 1.165) is 22.6 Å². The number of hydrogen-bond donors (Lipinski definition) is 1. The Balaban J connectivity index is 2.14. The molecule has 0 saturated heterocycles. The highest BCUT2D eigenvalue weighted by Crippen LogP contribution is 2.35. The summed E-state index contributed by atoms with van der Waals surface area (Å²) in [4.78, 5) is 12.2. The first-order valence-electron chi connectivity index (χ1n) is 9.11. The molecule has 0 heterocycles. The summed E-state index contributed by atoms with van der Waals surface area (Å²) in [5, 5.41) is 2.88. The highest BCUT2D eigenvalue weighted by Gasteiger charge is 2.23. The van der Waals surface area contributed by atoms with Crippen LogP contribution in [0.4, 0.5) is 5.69 Å². The van der Waals surface area contributed by atoms with E-state index in [4.69, 9.17) is 4.74 Å². The number of benzene rings is 2. The molecule has 0 bridgehead atoms. The summed E-state index contributed by atoms with van der Waals surface area (Å²) in [6, 6.07) is 14.0. The van der Waals surface area contributed by atoms with Crippen LogP contribution in [0.1, 0.15) is 58.2 Å².